The molecular formula is C28H24N3O4S+. The zero-order chi connectivity index (χ0) is 24.5. The number of pyridine rings is 1. The maximum absolute atomic E-state index is 12.6. The quantitative estimate of drug-likeness (QED) is 0.284. The Morgan fingerprint density at radius 2 is 1.86 bits per heavy atom. The van der Waals surface area contributed by atoms with Crippen LogP contribution in [0, 0.1) is 0 Å². The van der Waals surface area contributed by atoms with Crippen LogP contribution in [0.3, 0.4) is 0 Å². The second-order valence-electron chi connectivity index (χ2n) is 8.50. The normalized spacial score (nSPS) is 14.0. The van der Waals surface area contributed by atoms with Crippen molar-refractivity contribution in [3.8, 4) is 16.6 Å². The van der Waals surface area contributed by atoms with Crippen LogP contribution in [0.15, 0.2) is 71.3 Å². The van der Waals surface area contributed by atoms with Gasteiger partial charge in [0.25, 0.3) is 0 Å². The van der Waals surface area contributed by atoms with E-state index in [0.717, 1.165) is 52.0 Å². The first-order valence-electron chi connectivity index (χ1n) is 11.9. The van der Waals surface area contributed by atoms with Gasteiger partial charge in [0.2, 0.25) is 0 Å². The Balaban J connectivity index is 1.20. The lowest BCUT2D eigenvalue weighted by atomic mass is 9.91. The number of para-hydroxylation sites is 1. The van der Waals surface area contributed by atoms with Gasteiger partial charge in [-0.3, -0.25) is 0 Å². The number of hydrogen-bond acceptors (Lipinski definition) is 7. The van der Waals surface area contributed by atoms with E-state index >= 15 is 0 Å². The van der Waals surface area contributed by atoms with Gasteiger partial charge in [-0.15, -0.1) is 0 Å². The van der Waals surface area contributed by atoms with Gasteiger partial charge in [-0.1, -0.05) is 40.7 Å². The van der Waals surface area contributed by atoms with E-state index in [-0.39, 0.29) is 5.97 Å². The number of esters is 1. The third kappa shape index (κ3) is 4.25. The van der Waals surface area contributed by atoms with E-state index in [2.05, 4.69) is 16.2 Å². The van der Waals surface area contributed by atoms with Gasteiger partial charge in [0, 0.05) is 11.0 Å². The zero-order valence-corrected chi connectivity index (χ0v) is 20.5. The van der Waals surface area contributed by atoms with Crippen LogP contribution in [0.2, 0.25) is 0 Å². The number of rotatable bonds is 7. The maximum Gasteiger partial charge on any atom is 0.348 e. The Kier molecular flexibility index (Phi) is 5.96. The fraction of sp³-hybridized carbons (Fsp3) is 0.179. The fourth-order valence-electron chi connectivity index (χ4n) is 4.48. The van der Waals surface area contributed by atoms with E-state index in [1.165, 1.54) is 16.9 Å². The first kappa shape index (κ1) is 22.5. The summed E-state index contributed by atoms with van der Waals surface area (Å²) in [4.78, 5) is 17.9. The van der Waals surface area contributed by atoms with E-state index in [9.17, 15) is 4.79 Å². The Morgan fingerprint density at radius 3 is 2.72 bits per heavy atom. The van der Waals surface area contributed by atoms with Crippen molar-refractivity contribution >= 4 is 40.1 Å². The number of allylic oxidation sites excluding steroid dienone is 1. The van der Waals surface area contributed by atoms with Crippen LogP contribution in [0.5, 0.6) is 16.6 Å². The van der Waals surface area contributed by atoms with Crippen LogP contribution < -0.4 is 14.9 Å². The number of ether oxygens (including phenoxy) is 3. The van der Waals surface area contributed by atoms with Crippen molar-refractivity contribution in [2.24, 2.45) is 5.10 Å². The number of carbonyl (C=O) groups is 1. The van der Waals surface area contributed by atoms with Crippen LogP contribution in [0.4, 0.5) is 0 Å². The highest BCUT2D eigenvalue weighted by atomic mass is 32.1. The van der Waals surface area contributed by atoms with Crippen LogP contribution >= 0.6 is 11.3 Å². The van der Waals surface area contributed by atoms with Crippen molar-refractivity contribution in [2.75, 3.05) is 6.61 Å². The number of nitrogens with zero attached hydrogens (tertiary/aromatic N) is 2. The molecule has 0 saturated heterocycles. The molecule has 8 heteroatoms. The van der Waals surface area contributed by atoms with Crippen molar-refractivity contribution in [3.05, 3.63) is 87.9 Å². The van der Waals surface area contributed by atoms with Crippen molar-refractivity contribution in [2.45, 2.75) is 26.4 Å². The van der Waals surface area contributed by atoms with Crippen molar-refractivity contribution < 1.29 is 24.4 Å². The lowest BCUT2D eigenvalue weighted by Gasteiger charge is -2.13. The first-order valence-corrected chi connectivity index (χ1v) is 12.7. The van der Waals surface area contributed by atoms with Crippen molar-refractivity contribution in [3.63, 3.8) is 0 Å². The predicted octanol–water partition coefficient (Wildman–Crippen LogP) is 5.06. The molecule has 2 aliphatic rings. The Labute approximate surface area is 212 Å². The van der Waals surface area contributed by atoms with Crippen LogP contribution in [-0.4, -0.2) is 23.8 Å². The second-order valence-corrected chi connectivity index (χ2v) is 9.48. The zero-order valence-electron chi connectivity index (χ0n) is 19.7. The minimum absolute atomic E-state index is 0.303. The summed E-state index contributed by atoms with van der Waals surface area (Å²) in [6.45, 7) is 2.52. The van der Waals surface area contributed by atoms with Gasteiger partial charge in [0.05, 0.1) is 29.6 Å². The number of hydrogen-bond donors (Lipinski definition) is 1. The molecule has 2 aromatic carbocycles. The number of nitrogens with two attached hydrogens (primary N) is 1. The highest BCUT2D eigenvalue weighted by molar-refractivity contribution is 7.16. The third-order valence-electron chi connectivity index (χ3n) is 6.21. The number of quaternary nitrogens is 1. The fourth-order valence-corrected chi connectivity index (χ4v) is 5.61. The molecule has 3 heterocycles. The Hall–Kier alpha value is -4.01. The van der Waals surface area contributed by atoms with Gasteiger partial charge in [-0.05, 0) is 61.7 Å². The Bertz CT molecular complexity index is 1520. The molecule has 1 aliphatic heterocycles. The molecule has 36 heavy (non-hydrogen) atoms. The molecule has 4 aromatic rings. The molecule has 6 rings (SSSR count). The summed E-state index contributed by atoms with van der Waals surface area (Å²) in [5.41, 5.74) is 7.80. The minimum Gasteiger partial charge on any atom is -0.487 e. The highest BCUT2D eigenvalue weighted by Crippen LogP contribution is 2.45. The molecule has 2 N–H and O–H groups in total. The molecule has 0 unspecified atom stereocenters. The molecule has 0 radical (unpaired) electrons. The van der Waals surface area contributed by atoms with E-state index in [0.29, 0.717) is 28.9 Å². The highest BCUT2D eigenvalue weighted by Gasteiger charge is 2.35. The average Bonchev–Trinajstić information content (AvgIpc) is 3.53. The lowest BCUT2D eigenvalue weighted by Crippen LogP contribution is -2.73. The van der Waals surface area contributed by atoms with Gasteiger partial charge in [-0.25, -0.2) is 9.78 Å². The number of fused-ring (bicyclic) bond motifs is 3. The topological polar surface area (TPSA) is 86.6 Å². The van der Waals surface area contributed by atoms with Gasteiger partial charge in [-0.2, -0.15) is 5.43 Å². The summed E-state index contributed by atoms with van der Waals surface area (Å²) in [6, 6.07) is 19.5. The van der Waals surface area contributed by atoms with E-state index in [1.807, 2.05) is 73.2 Å². The van der Waals surface area contributed by atoms with Crippen molar-refractivity contribution in [1.29, 1.82) is 0 Å². The first-order chi connectivity index (χ1) is 17.7. The lowest BCUT2D eigenvalue weighted by molar-refractivity contribution is -0.565. The molecule has 7 nitrogen and oxygen atoms in total. The molecule has 1 aliphatic carbocycles. The minimum atomic E-state index is -0.303. The summed E-state index contributed by atoms with van der Waals surface area (Å²) in [5.74, 6) is 1.08. The molecule has 0 atom stereocenters. The smallest absolute Gasteiger partial charge is 0.348 e. The van der Waals surface area contributed by atoms with Gasteiger partial charge in [0.1, 0.15) is 23.0 Å². The van der Waals surface area contributed by atoms with Crippen LogP contribution in [0.25, 0.3) is 16.6 Å². The average molecular weight is 499 g/mol. The largest absolute Gasteiger partial charge is 0.487 e. The van der Waals surface area contributed by atoms with E-state index in [4.69, 9.17) is 14.2 Å². The number of thiophene rings is 1. The number of aromatic nitrogens is 1. The van der Waals surface area contributed by atoms with Crippen LogP contribution in [0.1, 0.15) is 39.8 Å². The summed E-state index contributed by atoms with van der Waals surface area (Å²) in [7, 11) is 0. The molecule has 0 spiro atoms. The monoisotopic (exact) mass is 498 g/mol. The van der Waals surface area contributed by atoms with Crippen LogP contribution in [-0.2, 0) is 17.8 Å². The summed E-state index contributed by atoms with van der Waals surface area (Å²) in [6.07, 6.45) is 3.50. The van der Waals surface area contributed by atoms with Gasteiger partial charge < -0.3 is 14.2 Å². The second kappa shape index (κ2) is 9.56. The maximum atomic E-state index is 12.6. The third-order valence-corrected chi connectivity index (χ3v) is 7.30. The molecule has 0 fully saturated rings. The molecule has 180 valence electrons. The molecule has 2 aromatic heterocycles. The summed E-state index contributed by atoms with van der Waals surface area (Å²) in [5, 5.41) is 6.11. The van der Waals surface area contributed by atoms with E-state index < -0.39 is 0 Å². The number of carbonyl (C=O) groups excluding carboxylic acids is 1. The van der Waals surface area contributed by atoms with Crippen molar-refractivity contribution in [1.82, 2.24) is 4.98 Å². The standard InChI is InChI=1S/C28H23N3O4S/c1-2-33-27(32)26-22-14-8-18-15-29-31-25(18)24(22)28(36-26)35-21-12-10-20(11-13-21)34-16-19-9-7-17-5-3-4-6-23(17)30-19/h3-7,9-13,15H,2,8,14,16H2,1H3,(H,29,31)/p+1. The predicted molar refractivity (Wildman–Crippen MR) is 139 cm³/mol. The van der Waals surface area contributed by atoms with E-state index in [1.54, 1.807) is 0 Å². The molecule has 0 bridgehead atoms. The molecule has 0 saturated carbocycles. The van der Waals surface area contributed by atoms with Gasteiger partial charge >= 0.3 is 5.97 Å². The number of benzene rings is 2. The summed E-state index contributed by atoms with van der Waals surface area (Å²) >= 11 is 1.33. The summed E-state index contributed by atoms with van der Waals surface area (Å²) < 4.78 is 17.6. The Morgan fingerprint density at radius 1 is 1.03 bits per heavy atom. The molecular weight excluding hydrogens is 474 g/mol. The molecule has 0 amide bonds. The van der Waals surface area contributed by atoms with Gasteiger partial charge in [0.15, 0.2) is 10.8 Å². The SMILES string of the molecule is CCOC(=O)c1sc(Oc2ccc(OCc3ccc4ccccc4n3)cc2)c2c1CCC1=C2[NH2+]N=C1.